The molecule has 0 amide bonds. The zero-order valence-electron chi connectivity index (χ0n) is 12.2. The fourth-order valence-electron chi connectivity index (χ4n) is 2.67. The Labute approximate surface area is 119 Å². The van der Waals surface area contributed by atoms with E-state index < -0.39 is 0 Å². The van der Waals surface area contributed by atoms with Gasteiger partial charge in [-0.05, 0) is 32.0 Å². The van der Waals surface area contributed by atoms with Gasteiger partial charge in [0.05, 0.1) is 36.2 Å². The van der Waals surface area contributed by atoms with Gasteiger partial charge in [0.2, 0.25) is 0 Å². The summed E-state index contributed by atoms with van der Waals surface area (Å²) in [5.74, 6) is 0.877. The molecule has 1 N–H and O–H groups in total. The second-order valence-electron chi connectivity index (χ2n) is 5.31. The van der Waals surface area contributed by atoms with Crippen molar-refractivity contribution in [2.24, 2.45) is 0 Å². The maximum absolute atomic E-state index is 5.78. The molecule has 1 aliphatic heterocycles. The number of pyridine rings is 1. The van der Waals surface area contributed by atoms with Crippen molar-refractivity contribution in [3.63, 3.8) is 0 Å². The second kappa shape index (κ2) is 5.29. The fourth-order valence-corrected chi connectivity index (χ4v) is 2.67. The molecule has 0 bridgehead atoms. The van der Waals surface area contributed by atoms with E-state index in [9.17, 15) is 0 Å². The van der Waals surface area contributed by atoms with Gasteiger partial charge in [-0.15, -0.1) is 0 Å². The molecule has 1 aliphatic rings. The van der Waals surface area contributed by atoms with Crippen molar-refractivity contribution in [2.75, 3.05) is 19.0 Å². The highest BCUT2D eigenvalue weighted by atomic mass is 16.5. The first kappa shape index (κ1) is 13.2. The second-order valence-corrected chi connectivity index (χ2v) is 5.31. The lowest BCUT2D eigenvalue weighted by Crippen LogP contribution is -2.14. The van der Waals surface area contributed by atoms with Crippen molar-refractivity contribution in [3.8, 4) is 5.75 Å². The van der Waals surface area contributed by atoms with Crippen LogP contribution in [0.15, 0.2) is 18.2 Å². The molecule has 2 heterocycles. The summed E-state index contributed by atoms with van der Waals surface area (Å²) >= 11 is 0. The van der Waals surface area contributed by atoms with Gasteiger partial charge in [0.1, 0.15) is 5.75 Å². The van der Waals surface area contributed by atoms with E-state index in [1.165, 1.54) is 5.56 Å². The van der Waals surface area contributed by atoms with E-state index in [-0.39, 0.29) is 6.10 Å². The Morgan fingerprint density at radius 3 is 2.95 bits per heavy atom. The highest BCUT2D eigenvalue weighted by Crippen LogP contribution is 2.33. The summed E-state index contributed by atoms with van der Waals surface area (Å²) in [5, 5.41) is 4.40. The van der Waals surface area contributed by atoms with Crippen molar-refractivity contribution in [3.05, 3.63) is 29.5 Å². The van der Waals surface area contributed by atoms with Crippen LogP contribution in [-0.2, 0) is 17.8 Å². The normalized spacial score (nSPS) is 14.4. The maximum atomic E-state index is 5.78. The standard InChI is InChI=1S/C16H20N2O2/c1-10(2)20-11-4-5-14-12(8-11)16(17-3)13-9-19-7-6-15(13)18-14/h4-5,8,10H,6-7,9H2,1-3H3,(H,17,18). The summed E-state index contributed by atoms with van der Waals surface area (Å²) in [5.41, 5.74) is 4.43. The molecule has 4 nitrogen and oxygen atoms in total. The number of rotatable bonds is 3. The first-order valence-corrected chi connectivity index (χ1v) is 7.06. The first-order chi connectivity index (χ1) is 9.69. The van der Waals surface area contributed by atoms with Crippen molar-refractivity contribution >= 4 is 16.6 Å². The topological polar surface area (TPSA) is 43.4 Å². The van der Waals surface area contributed by atoms with E-state index in [0.717, 1.165) is 41.1 Å². The van der Waals surface area contributed by atoms with Gasteiger partial charge in [-0.25, -0.2) is 0 Å². The first-order valence-electron chi connectivity index (χ1n) is 7.06. The minimum absolute atomic E-state index is 0.166. The van der Waals surface area contributed by atoms with Crippen molar-refractivity contribution in [1.29, 1.82) is 0 Å². The van der Waals surface area contributed by atoms with E-state index in [2.05, 4.69) is 11.4 Å². The molecule has 0 atom stereocenters. The number of aromatic nitrogens is 1. The third-order valence-corrected chi connectivity index (χ3v) is 3.49. The largest absolute Gasteiger partial charge is 0.491 e. The lowest BCUT2D eigenvalue weighted by molar-refractivity contribution is 0.110. The molecule has 1 aromatic heterocycles. The predicted molar refractivity (Wildman–Crippen MR) is 80.4 cm³/mol. The van der Waals surface area contributed by atoms with Gasteiger partial charge in [-0.2, -0.15) is 0 Å². The van der Waals surface area contributed by atoms with Crippen molar-refractivity contribution in [1.82, 2.24) is 4.98 Å². The van der Waals surface area contributed by atoms with Gasteiger partial charge in [-0.1, -0.05) is 0 Å². The number of hydrogen-bond acceptors (Lipinski definition) is 4. The van der Waals surface area contributed by atoms with Gasteiger partial charge in [0.15, 0.2) is 0 Å². The van der Waals surface area contributed by atoms with Crippen LogP contribution in [0.5, 0.6) is 5.75 Å². The van der Waals surface area contributed by atoms with Crippen LogP contribution >= 0.6 is 0 Å². The van der Waals surface area contributed by atoms with Crippen molar-refractivity contribution in [2.45, 2.75) is 33.0 Å². The molecular formula is C16H20N2O2. The van der Waals surface area contributed by atoms with E-state index in [0.29, 0.717) is 6.61 Å². The molecule has 3 rings (SSSR count). The molecule has 4 heteroatoms. The van der Waals surface area contributed by atoms with Crippen LogP contribution in [0.1, 0.15) is 25.1 Å². The predicted octanol–water partition coefficient (Wildman–Crippen LogP) is 3.14. The van der Waals surface area contributed by atoms with Crippen LogP contribution in [0.25, 0.3) is 10.9 Å². The molecule has 0 saturated heterocycles. The molecule has 1 aromatic carbocycles. The molecule has 0 fully saturated rings. The minimum atomic E-state index is 0.166. The van der Waals surface area contributed by atoms with Gasteiger partial charge >= 0.3 is 0 Å². The Morgan fingerprint density at radius 1 is 1.35 bits per heavy atom. The minimum Gasteiger partial charge on any atom is -0.491 e. The van der Waals surface area contributed by atoms with Crippen LogP contribution < -0.4 is 10.1 Å². The summed E-state index contributed by atoms with van der Waals surface area (Å²) in [6.07, 6.45) is 1.05. The molecule has 20 heavy (non-hydrogen) atoms. The molecular weight excluding hydrogens is 252 g/mol. The van der Waals surface area contributed by atoms with E-state index >= 15 is 0 Å². The van der Waals surface area contributed by atoms with Gasteiger partial charge in [-0.3, -0.25) is 4.98 Å². The van der Waals surface area contributed by atoms with Gasteiger partial charge in [0.25, 0.3) is 0 Å². The van der Waals surface area contributed by atoms with E-state index in [1.807, 2.05) is 33.0 Å². The Hall–Kier alpha value is -1.81. The van der Waals surface area contributed by atoms with E-state index in [4.69, 9.17) is 14.5 Å². The zero-order valence-corrected chi connectivity index (χ0v) is 12.2. The van der Waals surface area contributed by atoms with Crippen LogP contribution in [0.3, 0.4) is 0 Å². The summed E-state index contributed by atoms with van der Waals surface area (Å²) in [7, 11) is 1.94. The fraction of sp³-hybridized carbons (Fsp3) is 0.438. The molecule has 106 valence electrons. The molecule has 0 radical (unpaired) electrons. The average Bonchev–Trinajstić information content (AvgIpc) is 2.44. The SMILES string of the molecule is CNc1c2c(nc3ccc(OC(C)C)cc13)CCOC2. The molecule has 0 spiro atoms. The summed E-state index contributed by atoms with van der Waals surface area (Å²) < 4.78 is 11.3. The van der Waals surface area contributed by atoms with E-state index in [1.54, 1.807) is 0 Å². The van der Waals surface area contributed by atoms with Gasteiger partial charge < -0.3 is 14.8 Å². The molecule has 0 aliphatic carbocycles. The molecule has 0 unspecified atom stereocenters. The highest BCUT2D eigenvalue weighted by Gasteiger charge is 2.18. The smallest absolute Gasteiger partial charge is 0.120 e. The number of nitrogens with one attached hydrogen (secondary N) is 1. The Bertz CT molecular complexity index is 638. The van der Waals surface area contributed by atoms with Gasteiger partial charge in [0, 0.05) is 24.4 Å². The molecule has 0 saturated carbocycles. The monoisotopic (exact) mass is 272 g/mol. The van der Waals surface area contributed by atoms with Crippen LogP contribution in [0.2, 0.25) is 0 Å². The molecule has 2 aromatic rings. The summed E-state index contributed by atoms with van der Waals surface area (Å²) in [4.78, 5) is 4.77. The number of hydrogen-bond donors (Lipinski definition) is 1. The van der Waals surface area contributed by atoms with Crippen LogP contribution in [0.4, 0.5) is 5.69 Å². The number of ether oxygens (including phenoxy) is 2. The van der Waals surface area contributed by atoms with Crippen LogP contribution in [0, 0.1) is 0 Å². The van der Waals surface area contributed by atoms with Crippen molar-refractivity contribution < 1.29 is 9.47 Å². The Kier molecular flexibility index (Phi) is 3.49. The third-order valence-electron chi connectivity index (χ3n) is 3.49. The quantitative estimate of drug-likeness (QED) is 0.932. The number of benzene rings is 1. The third kappa shape index (κ3) is 2.31. The summed E-state index contributed by atoms with van der Waals surface area (Å²) in [6, 6.07) is 6.08. The number of nitrogens with zero attached hydrogens (tertiary/aromatic N) is 1. The summed E-state index contributed by atoms with van der Waals surface area (Å²) in [6.45, 7) is 5.44. The Morgan fingerprint density at radius 2 is 2.20 bits per heavy atom. The lowest BCUT2D eigenvalue weighted by atomic mass is 10.0. The average molecular weight is 272 g/mol. The number of fused-ring (bicyclic) bond motifs is 2. The zero-order chi connectivity index (χ0) is 14.1. The maximum Gasteiger partial charge on any atom is 0.120 e. The Balaban J connectivity index is 2.17. The highest BCUT2D eigenvalue weighted by molar-refractivity contribution is 5.94. The lowest BCUT2D eigenvalue weighted by Gasteiger charge is -2.21. The number of anilines is 1. The van der Waals surface area contributed by atoms with Crippen LogP contribution in [-0.4, -0.2) is 24.7 Å².